The second kappa shape index (κ2) is 10.0. The van der Waals surface area contributed by atoms with Crippen molar-refractivity contribution < 1.29 is 29.0 Å². The molecule has 0 bridgehead atoms. The molecular weight excluding hydrogens is 266 g/mol. The lowest BCUT2D eigenvalue weighted by Crippen LogP contribution is -2.11. The van der Waals surface area contributed by atoms with Gasteiger partial charge in [-0.25, -0.2) is 14.4 Å². The van der Waals surface area contributed by atoms with E-state index in [0.717, 1.165) is 18.2 Å². The van der Waals surface area contributed by atoms with Crippen LogP contribution in [0.15, 0.2) is 49.1 Å². The Labute approximate surface area is 115 Å². The van der Waals surface area contributed by atoms with Crippen molar-refractivity contribution in [3.8, 4) is 0 Å². The zero-order valence-corrected chi connectivity index (χ0v) is 10.9. The van der Waals surface area contributed by atoms with Crippen molar-refractivity contribution in [1.82, 2.24) is 0 Å². The Morgan fingerprint density at radius 3 is 1.90 bits per heavy atom. The molecule has 1 amide bonds. The number of rotatable bonds is 5. The maximum Gasteiger partial charge on any atom is 0.345 e. The molecule has 0 radical (unpaired) electrons. The predicted octanol–water partition coefficient (Wildman–Crippen LogP) is 0.487. The number of hydrogen-bond donors (Lipinski definition) is 2. The van der Waals surface area contributed by atoms with Crippen LogP contribution in [-0.2, 0) is 23.9 Å². The fraction of sp³-hybridized carbons (Fsp3) is 0.0769. The molecule has 0 fully saturated rings. The van der Waals surface area contributed by atoms with Crippen molar-refractivity contribution >= 4 is 23.8 Å². The molecule has 0 aliphatic heterocycles. The summed E-state index contributed by atoms with van der Waals surface area (Å²) in [5, 5.41) is 8.50. The number of carbonyl (C=O) groups is 4. The highest BCUT2D eigenvalue weighted by atomic mass is 16.6. The van der Waals surface area contributed by atoms with Crippen molar-refractivity contribution in [2.45, 2.75) is 6.92 Å². The number of carboxylic acids is 1. The second-order valence-corrected chi connectivity index (χ2v) is 3.18. The van der Waals surface area contributed by atoms with E-state index < -0.39 is 23.8 Å². The summed E-state index contributed by atoms with van der Waals surface area (Å²) >= 11 is 0. The number of esters is 2. The maximum atomic E-state index is 11.0. The van der Waals surface area contributed by atoms with Gasteiger partial charge in [0.1, 0.15) is 0 Å². The van der Waals surface area contributed by atoms with Crippen LogP contribution in [0.25, 0.3) is 0 Å². The van der Waals surface area contributed by atoms with Crippen LogP contribution in [0.2, 0.25) is 0 Å². The first-order valence-electron chi connectivity index (χ1n) is 5.06. The van der Waals surface area contributed by atoms with Gasteiger partial charge >= 0.3 is 17.9 Å². The van der Waals surface area contributed by atoms with Crippen molar-refractivity contribution in [3.63, 3.8) is 0 Å². The Kier molecular flexibility index (Phi) is 9.70. The summed E-state index contributed by atoms with van der Waals surface area (Å²) in [6.07, 6.45) is 2.89. The molecule has 0 unspecified atom stereocenters. The quantitative estimate of drug-likeness (QED) is 0.327. The van der Waals surface area contributed by atoms with Crippen molar-refractivity contribution in [2.75, 3.05) is 0 Å². The summed E-state index contributed by atoms with van der Waals surface area (Å²) in [5.41, 5.74) is 4.24. The molecule has 0 aliphatic rings. The van der Waals surface area contributed by atoms with Crippen LogP contribution in [0.5, 0.6) is 0 Å². The largest absolute Gasteiger partial charge is 0.478 e. The molecule has 0 heterocycles. The number of hydrogen-bond acceptors (Lipinski definition) is 5. The fourth-order valence-electron chi connectivity index (χ4n) is 0.581. The van der Waals surface area contributed by atoms with E-state index >= 15 is 0 Å². The number of ether oxygens (including phenoxy) is 1. The summed E-state index contributed by atoms with van der Waals surface area (Å²) in [6.45, 7) is 10.7. The van der Waals surface area contributed by atoms with Gasteiger partial charge in [-0.05, 0) is 19.1 Å². The molecule has 0 rings (SSSR count). The number of amides is 1. The summed E-state index contributed by atoms with van der Waals surface area (Å²) in [6, 6.07) is 0. The minimum Gasteiger partial charge on any atom is -0.478 e. The van der Waals surface area contributed by atoms with E-state index in [1.165, 1.54) is 6.92 Å². The summed E-state index contributed by atoms with van der Waals surface area (Å²) in [7, 11) is 0. The molecule has 0 saturated carbocycles. The highest BCUT2D eigenvalue weighted by molar-refractivity contribution is 6.01. The summed E-state index contributed by atoms with van der Waals surface area (Å²) in [4.78, 5) is 41.5. The average Bonchev–Trinajstić information content (AvgIpc) is 2.38. The molecule has 7 nitrogen and oxygen atoms in total. The third-order valence-electron chi connectivity index (χ3n) is 1.55. The van der Waals surface area contributed by atoms with Gasteiger partial charge in [-0.1, -0.05) is 19.7 Å². The lowest BCUT2D eigenvalue weighted by atomic mass is 10.2. The fourth-order valence-corrected chi connectivity index (χ4v) is 0.581. The zero-order chi connectivity index (χ0) is 16.3. The SMILES string of the molecule is C=CC(=O)OC(=O)C(=C)C=C(C)C(=O)O.C=CC(N)=O. The van der Waals surface area contributed by atoms with E-state index in [1.54, 1.807) is 0 Å². The average molecular weight is 281 g/mol. The van der Waals surface area contributed by atoms with E-state index in [9.17, 15) is 19.2 Å². The topological polar surface area (TPSA) is 124 Å². The number of carboxylic acid groups (broad SMARTS) is 1. The van der Waals surface area contributed by atoms with Crippen LogP contribution in [0, 0.1) is 0 Å². The van der Waals surface area contributed by atoms with Gasteiger partial charge in [0.15, 0.2) is 0 Å². The van der Waals surface area contributed by atoms with Gasteiger partial charge in [0.05, 0.1) is 5.57 Å². The number of aliphatic carboxylic acids is 1. The van der Waals surface area contributed by atoms with Crippen LogP contribution in [0.1, 0.15) is 6.92 Å². The Bertz CT molecular complexity index is 487. The number of carbonyl (C=O) groups excluding carboxylic acids is 3. The molecule has 0 atom stereocenters. The van der Waals surface area contributed by atoms with Gasteiger partial charge < -0.3 is 15.6 Å². The molecule has 0 aromatic heterocycles. The maximum absolute atomic E-state index is 11.0. The van der Waals surface area contributed by atoms with E-state index in [2.05, 4.69) is 30.2 Å². The van der Waals surface area contributed by atoms with E-state index in [4.69, 9.17) is 5.11 Å². The van der Waals surface area contributed by atoms with Crippen LogP contribution < -0.4 is 5.73 Å². The van der Waals surface area contributed by atoms with E-state index in [-0.39, 0.29) is 11.1 Å². The lowest BCUT2D eigenvalue weighted by Gasteiger charge is -1.99. The second-order valence-electron chi connectivity index (χ2n) is 3.18. The molecule has 3 N–H and O–H groups in total. The van der Waals surface area contributed by atoms with Gasteiger partial charge in [-0.15, -0.1) is 0 Å². The smallest absolute Gasteiger partial charge is 0.345 e. The van der Waals surface area contributed by atoms with Gasteiger partial charge in [0, 0.05) is 11.6 Å². The van der Waals surface area contributed by atoms with Crippen LogP contribution >= 0.6 is 0 Å². The highest BCUT2D eigenvalue weighted by Gasteiger charge is 2.11. The molecule has 20 heavy (non-hydrogen) atoms. The van der Waals surface area contributed by atoms with Crippen molar-refractivity contribution in [3.05, 3.63) is 49.1 Å². The van der Waals surface area contributed by atoms with Gasteiger partial charge in [0.2, 0.25) is 5.91 Å². The first-order chi connectivity index (χ1) is 9.15. The van der Waals surface area contributed by atoms with Crippen LogP contribution in [0.4, 0.5) is 0 Å². The third kappa shape index (κ3) is 10.2. The monoisotopic (exact) mass is 281 g/mol. The Hall–Kier alpha value is -2.96. The first-order valence-corrected chi connectivity index (χ1v) is 5.06. The van der Waals surface area contributed by atoms with Crippen molar-refractivity contribution in [2.24, 2.45) is 5.73 Å². The number of primary amides is 1. The van der Waals surface area contributed by atoms with Gasteiger partial charge in [-0.3, -0.25) is 4.79 Å². The first kappa shape index (κ1) is 19.4. The molecule has 7 heteroatoms. The molecule has 0 spiro atoms. The van der Waals surface area contributed by atoms with Crippen LogP contribution in [-0.4, -0.2) is 28.9 Å². The minimum atomic E-state index is -1.18. The van der Waals surface area contributed by atoms with E-state index in [1.807, 2.05) is 0 Å². The summed E-state index contributed by atoms with van der Waals surface area (Å²) < 4.78 is 4.21. The van der Waals surface area contributed by atoms with Crippen molar-refractivity contribution in [1.29, 1.82) is 0 Å². The molecule has 108 valence electrons. The Morgan fingerprint density at radius 1 is 1.15 bits per heavy atom. The molecule has 0 aromatic carbocycles. The molecular formula is C13H15NO6. The van der Waals surface area contributed by atoms with Gasteiger partial charge in [-0.2, -0.15) is 0 Å². The minimum absolute atomic E-state index is 0.0806. The van der Waals surface area contributed by atoms with Gasteiger partial charge in [0.25, 0.3) is 0 Å². The summed E-state index contributed by atoms with van der Waals surface area (Å²) in [5.74, 6) is -3.58. The Morgan fingerprint density at radius 2 is 1.60 bits per heavy atom. The zero-order valence-electron chi connectivity index (χ0n) is 10.9. The third-order valence-corrected chi connectivity index (χ3v) is 1.55. The highest BCUT2D eigenvalue weighted by Crippen LogP contribution is 2.03. The Balaban J connectivity index is 0. The normalized spacial score (nSPS) is 9.35. The molecule has 0 aromatic rings. The van der Waals surface area contributed by atoms with Crippen LogP contribution in [0.3, 0.4) is 0 Å². The predicted molar refractivity (Wildman–Crippen MR) is 71.2 cm³/mol. The molecule has 0 aliphatic carbocycles. The number of nitrogens with two attached hydrogens (primary N) is 1. The standard InChI is InChI=1S/C10H10O5.C3H5NO/c1-4-8(11)15-10(14)7(3)5-6(2)9(12)13;1-2-3(4)5/h4-5H,1,3H2,2H3,(H,12,13);2H,1H2,(H2,4,5). The lowest BCUT2D eigenvalue weighted by molar-refractivity contribution is -0.153. The molecule has 0 saturated heterocycles. The van der Waals surface area contributed by atoms with E-state index in [0.29, 0.717) is 0 Å².